The molecular weight excluding hydrogens is 370 g/mol. The predicted octanol–water partition coefficient (Wildman–Crippen LogP) is 5.17. The van der Waals surface area contributed by atoms with Crippen molar-refractivity contribution >= 4 is 17.6 Å². The molecular formula is C24H22ClNO2. The first-order chi connectivity index (χ1) is 13.4. The van der Waals surface area contributed by atoms with Crippen LogP contribution in [-0.2, 0) is 16.9 Å². The molecule has 0 aliphatic carbocycles. The molecule has 0 saturated carbocycles. The summed E-state index contributed by atoms with van der Waals surface area (Å²) in [6, 6.07) is 21.6. The highest BCUT2D eigenvalue weighted by Gasteiger charge is 2.49. The molecule has 0 spiro atoms. The number of ether oxygens (including phenoxy) is 1. The van der Waals surface area contributed by atoms with Crippen LogP contribution >= 0.6 is 11.6 Å². The summed E-state index contributed by atoms with van der Waals surface area (Å²) in [6.07, 6.45) is 0. The van der Waals surface area contributed by atoms with Gasteiger partial charge in [0.05, 0.1) is 5.56 Å². The number of hydrogen-bond acceptors (Lipinski definition) is 3. The highest BCUT2D eigenvalue weighted by atomic mass is 35.5. The van der Waals surface area contributed by atoms with Gasteiger partial charge in [-0.3, -0.25) is 0 Å². The zero-order chi connectivity index (χ0) is 19.9. The monoisotopic (exact) mass is 391 g/mol. The van der Waals surface area contributed by atoms with Gasteiger partial charge in [0.15, 0.2) is 5.60 Å². The van der Waals surface area contributed by atoms with Gasteiger partial charge in [-0.15, -0.1) is 0 Å². The van der Waals surface area contributed by atoms with Crippen LogP contribution in [-0.4, -0.2) is 25.0 Å². The van der Waals surface area contributed by atoms with E-state index >= 15 is 0 Å². The summed E-state index contributed by atoms with van der Waals surface area (Å²) in [4.78, 5) is 15.0. The van der Waals surface area contributed by atoms with E-state index < -0.39 is 5.60 Å². The van der Waals surface area contributed by atoms with E-state index in [1.54, 1.807) is 0 Å². The van der Waals surface area contributed by atoms with Gasteiger partial charge in [0.1, 0.15) is 0 Å². The van der Waals surface area contributed by atoms with Crippen LogP contribution in [0.4, 0.5) is 0 Å². The fourth-order valence-corrected chi connectivity index (χ4v) is 4.10. The molecule has 4 heteroatoms. The molecule has 0 saturated heterocycles. The molecule has 1 atom stereocenters. The van der Waals surface area contributed by atoms with Crippen molar-refractivity contribution in [2.75, 3.05) is 14.1 Å². The number of carbonyl (C=O) groups excluding carboxylic acids is 1. The second-order valence-electron chi connectivity index (χ2n) is 7.52. The van der Waals surface area contributed by atoms with Gasteiger partial charge in [0.25, 0.3) is 0 Å². The number of rotatable bonds is 4. The number of hydrogen-bond donors (Lipinski definition) is 0. The Labute approximate surface area is 170 Å². The molecule has 0 fully saturated rings. The number of esters is 1. The van der Waals surface area contributed by atoms with Gasteiger partial charge in [0.2, 0.25) is 0 Å². The lowest BCUT2D eigenvalue weighted by Crippen LogP contribution is -2.31. The summed E-state index contributed by atoms with van der Waals surface area (Å²) in [5.74, 6) is -0.301. The first-order valence-electron chi connectivity index (χ1n) is 9.25. The van der Waals surface area contributed by atoms with Crippen molar-refractivity contribution in [2.24, 2.45) is 0 Å². The fraction of sp³-hybridized carbons (Fsp3) is 0.208. The highest BCUT2D eigenvalue weighted by molar-refractivity contribution is 6.30. The van der Waals surface area contributed by atoms with Crippen LogP contribution in [0.5, 0.6) is 0 Å². The van der Waals surface area contributed by atoms with E-state index in [9.17, 15) is 4.79 Å². The molecule has 1 aliphatic heterocycles. The van der Waals surface area contributed by atoms with Crippen molar-refractivity contribution in [1.82, 2.24) is 4.90 Å². The SMILES string of the molecule is Cc1ccc2c(c1)C(c1ccc(Cl)cc1)(c1ccccc1CN(C)C)OC2=O. The van der Waals surface area contributed by atoms with Crippen LogP contribution in [0.3, 0.4) is 0 Å². The third-order valence-corrected chi connectivity index (χ3v) is 5.41. The van der Waals surface area contributed by atoms with E-state index in [0.29, 0.717) is 10.6 Å². The Morgan fingerprint density at radius 1 is 0.964 bits per heavy atom. The van der Waals surface area contributed by atoms with Crippen molar-refractivity contribution in [1.29, 1.82) is 0 Å². The number of carbonyl (C=O) groups is 1. The molecule has 3 aromatic rings. The molecule has 142 valence electrons. The van der Waals surface area contributed by atoms with E-state index in [-0.39, 0.29) is 5.97 Å². The van der Waals surface area contributed by atoms with Gasteiger partial charge in [-0.2, -0.15) is 0 Å². The maximum atomic E-state index is 12.9. The third kappa shape index (κ3) is 3.01. The molecule has 4 rings (SSSR count). The fourth-order valence-electron chi connectivity index (χ4n) is 3.97. The smallest absolute Gasteiger partial charge is 0.340 e. The molecule has 3 nitrogen and oxygen atoms in total. The maximum Gasteiger partial charge on any atom is 0.340 e. The molecule has 1 heterocycles. The van der Waals surface area contributed by atoms with Crippen molar-refractivity contribution in [2.45, 2.75) is 19.1 Å². The zero-order valence-electron chi connectivity index (χ0n) is 16.2. The minimum atomic E-state index is -0.990. The highest BCUT2D eigenvalue weighted by Crippen LogP contribution is 2.48. The topological polar surface area (TPSA) is 29.5 Å². The molecule has 1 unspecified atom stereocenters. The summed E-state index contributed by atoms with van der Waals surface area (Å²) >= 11 is 6.15. The van der Waals surface area contributed by atoms with Crippen molar-refractivity contribution in [3.05, 3.63) is 105 Å². The zero-order valence-corrected chi connectivity index (χ0v) is 17.0. The Morgan fingerprint density at radius 3 is 2.39 bits per heavy atom. The second-order valence-corrected chi connectivity index (χ2v) is 7.96. The molecule has 0 N–H and O–H groups in total. The first-order valence-corrected chi connectivity index (χ1v) is 9.63. The third-order valence-electron chi connectivity index (χ3n) is 5.15. The number of cyclic esters (lactones) is 1. The average molecular weight is 392 g/mol. The number of halogens is 1. The summed E-state index contributed by atoms with van der Waals surface area (Å²) in [6.45, 7) is 2.77. The number of aryl methyl sites for hydroxylation is 1. The van der Waals surface area contributed by atoms with Crippen LogP contribution in [0.25, 0.3) is 0 Å². The molecule has 0 radical (unpaired) electrons. The molecule has 28 heavy (non-hydrogen) atoms. The van der Waals surface area contributed by atoms with Gasteiger partial charge in [0, 0.05) is 28.3 Å². The summed E-state index contributed by atoms with van der Waals surface area (Å²) < 4.78 is 6.21. The number of benzene rings is 3. The lowest BCUT2D eigenvalue weighted by atomic mass is 9.77. The van der Waals surface area contributed by atoms with Gasteiger partial charge in [-0.1, -0.05) is 65.7 Å². The van der Waals surface area contributed by atoms with E-state index in [1.807, 2.05) is 69.6 Å². The molecule has 0 amide bonds. The van der Waals surface area contributed by atoms with Gasteiger partial charge in [-0.25, -0.2) is 4.79 Å². The minimum absolute atomic E-state index is 0.301. The Kier molecular flexibility index (Phi) is 4.74. The lowest BCUT2D eigenvalue weighted by molar-refractivity contribution is 0.0248. The van der Waals surface area contributed by atoms with Crippen LogP contribution < -0.4 is 0 Å². The molecule has 1 aliphatic rings. The van der Waals surface area contributed by atoms with Gasteiger partial charge >= 0.3 is 5.97 Å². The molecule has 0 bridgehead atoms. The van der Waals surface area contributed by atoms with E-state index in [0.717, 1.165) is 34.4 Å². The maximum absolute atomic E-state index is 12.9. The minimum Gasteiger partial charge on any atom is -0.441 e. The quantitative estimate of drug-likeness (QED) is 0.574. The Morgan fingerprint density at radius 2 is 1.68 bits per heavy atom. The average Bonchev–Trinajstić information content (AvgIpc) is 2.95. The van der Waals surface area contributed by atoms with Crippen LogP contribution in [0, 0.1) is 6.92 Å². The first kappa shape index (κ1) is 18.7. The molecule has 3 aromatic carbocycles. The van der Waals surface area contributed by atoms with Crippen LogP contribution in [0.1, 0.15) is 38.2 Å². The van der Waals surface area contributed by atoms with Crippen molar-refractivity contribution in [3.8, 4) is 0 Å². The van der Waals surface area contributed by atoms with Crippen molar-refractivity contribution in [3.63, 3.8) is 0 Å². The summed E-state index contributed by atoms with van der Waals surface area (Å²) in [5, 5.41) is 0.647. The van der Waals surface area contributed by atoms with Gasteiger partial charge in [-0.05, 0) is 44.8 Å². The Hall–Kier alpha value is -2.62. The van der Waals surface area contributed by atoms with Gasteiger partial charge < -0.3 is 9.64 Å². The summed E-state index contributed by atoms with van der Waals surface area (Å²) in [7, 11) is 4.06. The predicted molar refractivity (Wildman–Crippen MR) is 112 cm³/mol. The normalized spacial score (nSPS) is 18.2. The second kappa shape index (κ2) is 7.08. The molecule has 0 aromatic heterocycles. The number of fused-ring (bicyclic) bond motifs is 1. The standard InChI is InChI=1S/C24H22ClNO2/c1-16-8-13-20-22(14-16)24(28-23(20)27,18-9-11-19(25)12-10-18)21-7-5-4-6-17(21)15-26(2)3/h4-14H,15H2,1-3H3. The number of nitrogens with zero attached hydrogens (tertiary/aromatic N) is 1. The summed E-state index contributed by atoms with van der Waals surface area (Å²) in [5.41, 5.74) is 4.57. The Balaban J connectivity index is 2.06. The van der Waals surface area contributed by atoms with E-state index in [2.05, 4.69) is 23.1 Å². The van der Waals surface area contributed by atoms with E-state index in [4.69, 9.17) is 16.3 Å². The largest absolute Gasteiger partial charge is 0.441 e. The van der Waals surface area contributed by atoms with Crippen LogP contribution in [0.15, 0.2) is 66.7 Å². The van der Waals surface area contributed by atoms with E-state index in [1.165, 1.54) is 0 Å². The van der Waals surface area contributed by atoms with Crippen molar-refractivity contribution < 1.29 is 9.53 Å². The van der Waals surface area contributed by atoms with Crippen LogP contribution in [0.2, 0.25) is 5.02 Å². The lowest BCUT2D eigenvalue weighted by Gasteiger charge is -2.33. The Bertz CT molecular complexity index is 1040.